The molecule has 0 fully saturated rings. The average molecular weight is 318 g/mol. The lowest BCUT2D eigenvalue weighted by molar-refractivity contribution is -0.115. The fourth-order valence-corrected chi connectivity index (χ4v) is 2.93. The summed E-state index contributed by atoms with van der Waals surface area (Å²) in [6, 6.07) is 4.06. The van der Waals surface area contributed by atoms with Crippen molar-refractivity contribution in [2.75, 3.05) is 5.32 Å². The minimum Gasteiger partial charge on any atom is -0.325 e. The first-order valence-electron chi connectivity index (χ1n) is 6.84. The predicted octanol–water partition coefficient (Wildman–Crippen LogP) is 2.21. The van der Waals surface area contributed by atoms with Gasteiger partial charge in [-0.25, -0.2) is 0 Å². The van der Waals surface area contributed by atoms with Crippen LogP contribution in [0.2, 0.25) is 0 Å². The van der Waals surface area contributed by atoms with Crippen molar-refractivity contribution < 1.29 is 4.79 Å². The second-order valence-electron chi connectivity index (χ2n) is 5.16. The first-order valence-corrected chi connectivity index (χ1v) is 7.72. The molecule has 1 amide bonds. The number of aromatic amines is 1. The van der Waals surface area contributed by atoms with Crippen molar-refractivity contribution in [3.8, 4) is 0 Å². The number of carbonyl (C=O) groups is 1. The Hall–Kier alpha value is -2.15. The summed E-state index contributed by atoms with van der Waals surface area (Å²) in [5.41, 5.74) is 3.70. The summed E-state index contributed by atoms with van der Waals surface area (Å²) < 4.78 is 0. The molecule has 0 unspecified atom stereocenters. The number of hydrogen-bond acceptors (Lipinski definition) is 5. The van der Waals surface area contributed by atoms with Crippen LogP contribution in [0.15, 0.2) is 28.3 Å². The van der Waals surface area contributed by atoms with Gasteiger partial charge in [0, 0.05) is 5.69 Å². The third-order valence-corrected chi connectivity index (χ3v) is 4.11. The molecule has 2 rings (SSSR count). The minimum atomic E-state index is -0.410. The van der Waals surface area contributed by atoms with Gasteiger partial charge in [-0.05, 0) is 38.8 Å². The molecule has 22 heavy (non-hydrogen) atoms. The Labute approximate surface area is 132 Å². The molecule has 0 bridgehead atoms. The molecule has 1 atom stereocenters. The highest BCUT2D eigenvalue weighted by atomic mass is 32.2. The number of nitrogens with one attached hydrogen (secondary N) is 2. The van der Waals surface area contributed by atoms with Gasteiger partial charge in [-0.1, -0.05) is 29.5 Å². The van der Waals surface area contributed by atoms with E-state index >= 15 is 0 Å². The molecule has 1 aromatic heterocycles. The largest absolute Gasteiger partial charge is 0.325 e. The summed E-state index contributed by atoms with van der Waals surface area (Å²) in [5, 5.41) is 10.2. The molecule has 2 aromatic rings. The van der Waals surface area contributed by atoms with Gasteiger partial charge in [0.1, 0.15) is 6.20 Å². The lowest BCUT2D eigenvalue weighted by Crippen LogP contribution is -2.24. The van der Waals surface area contributed by atoms with Gasteiger partial charge < -0.3 is 5.32 Å². The van der Waals surface area contributed by atoms with Gasteiger partial charge in [-0.2, -0.15) is 5.10 Å². The number of anilines is 1. The maximum Gasteiger partial charge on any atom is 0.270 e. The fraction of sp³-hybridized carbons (Fsp3) is 0.333. The van der Waals surface area contributed by atoms with Gasteiger partial charge in [0.2, 0.25) is 5.91 Å². The monoisotopic (exact) mass is 318 g/mol. The van der Waals surface area contributed by atoms with Gasteiger partial charge >= 0.3 is 0 Å². The van der Waals surface area contributed by atoms with E-state index in [9.17, 15) is 9.59 Å². The van der Waals surface area contributed by atoms with E-state index in [1.54, 1.807) is 6.92 Å². The smallest absolute Gasteiger partial charge is 0.270 e. The Morgan fingerprint density at radius 3 is 2.50 bits per heavy atom. The summed E-state index contributed by atoms with van der Waals surface area (Å²) in [5.74, 6) is -0.147. The van der Waals surface area contributed by atoms with E-state index in [0.29, 0.717) is 5.16 Å². The highest BCUT2D eigenvalue weighted by Gasteiger charge is 2.17. The summed E-state index contributed by atoms with van der Waals surface area (Å²) in [6.07, 6.45) is 1.09. The predicted molar refractivity (Wildman–Crippen MR) is 87.3 cm³/mol. The average Bonchev–Trinajstić information content (AvgIpc) is 2.42. The number of thioether (sulfide) groups is 1. The molecule has 0 aliphatic heterocycles. The molecule has 0 aliphatic carbocycles. The zero-order chi connectivity index (χ0) is 16.3. The molecule has 0 aliphatic rings. The first kappa shape index (κ1) is 16.2. The molecule has 1 heterocycles. The number of aryl methyl sites for hydroxylation is 3. The maximum atomic E-state index is 12.3. The SMILES string of the molecule is Cc1cc(C)c(NC(=O)[C@H](C)Sc2nncc(=O)[nH]2)c(C)c1. The summed E-state index contributed by atoms with van der Waals surface area (Å²) in [4.78, 5) is 26.0. The van der Waals surface area contributed by atoms with Gasteiger partial charge in [-0.15, -0.1) is 5.10 Å². The first-order chi connectivity index (χ1) is 10.4. The second-order valence-corrected chi connectivity index (χ2v) is 6.49. The summed E-state index contributed by atoms with van der Waals surface area (Å²) in [7, 11) is 0. The van der Waals surface area contributed by atoms with Crippen molar-refractivity contribution in [2.24, 2.45) is 0 Å². The normalized spacial score (nSPS) is 12.0. The molecule has 0 radical (unpaired) electrons. The summed E-state index contributed by atoms with van der Waals surface area (Å²) >= 11 is 1.16. The van der Waals surface area contributed by atoms with Crippen molar-refractivity contribution in [3.05, 3.63) is 45.4 Å². The van der Waals surface area contributed by atoms with Gasteiger partial charge in [0.25, 0.3) is 5.56 Å². The molecule has 0 saturated carbocycles. The quantitative estimate of drug-likeness (QED) is 0.844. The zero-order valence-electron chi connectivity index (χ0n) is 12.9. The van der Waals surface area contributed by atoms with E-state index in [2.05, 4.69) is 20.5 Å². The van der Waals surface area contributed by atoms with Crippen molar-refractivity contribution >= 4 is 23.4 Å². The van der Waals surface area contributed by atoms with Crippen LogP contribution in [0.1, 0.15) is 23.6 Å². The van der Waals surface area contributed by atoms with Gasteiger partial charge in [0.05, 0.1) is 5.25 Å². The van der Waals surface area contributed by atoms with E-state index in [0.717, 1.165) is 40.3 Å². The van der Waals surface area contributed by atoms with E-state index in [4.69, 9.17) is 0 Å². The Morgan fingerprint density at radius 2 is 1.91 bits per heavy atom. The maximum absolute atomic E-state index is 12.3. The molecule has 0 spiro atoms. The van der Waals surface area contributed by atoms with Crippen LogP contribution in [0.25, 0.3) is 0 Å². The van der Waals surface area contributed by atoms with Crippen LogP contribution < -0.4 is 10.9 Å². The van der Waals surface area contributed by atoms with Crippen LogP contribution in [0.3, 0.4) is 0 Å². The standard InChI is InChI=1S/C15H18N4O2S/c1-8-5-9(2)13(10(3)6-8)18-14(21)11(4)22-15-17-12(20)7-16-19-15/h5-7,11H,1-4H3,(H,18,21)(H,17,19,20)/t11-/m0/s1. The van der Waals surface area contributed by atoms with Crippen LogP contribution in [-0.2, 0) is 4.79 Å². The van der Waals surface area contributed by atoms with E-state index < -0.39 is 5.25 Å². The molecule has 2 N–H and O–H groups in total. The Bertz CT molecular complexity index is 734. The van der Waals surface area contributed by atoms with Crippen molar-refractivity contribution in [2.45, 2.75) is 38.1 Å². The molecular formula is C15H18N4O2S. The van der Waals surface area contributed by atoms with Gasteiger partial charge in [0.15, 0.2) is 5.16 Å². The van der Waals surface area contributed by atoms with Crippen molar-refractivity contribution in [1.29, 1.82) is 0 Å². The number of aromatic nitrogens is 3. The lowest BCUT2D eigenvalue weighted by Gasteiger charge is -2.15. The number of carbonyl (C=O) groups excluding carboxylic acids is 1. The third-order valence-electron chi connectivity index (χ3n) is 3.14. The fourth-order valence-electron chi connectivity index (χ4n) is 2.17. The van der Waals surface area contributed by atoms with Crippen LogP contribution in [0, 0.1) is 20.8 Å². The Kier molecular flexibility index (Phi) is 4.97. The molecule has 7 heteroatoms. The van der Waals surface area contributed by atoms with Crippen LogP contribution in [0.4, 0.5) is 5.69 Å². The molecular weight excluding hydrogens is 300 g/mol. The van der Waals surface area contributed by atoms with E-state index in [1.807, 2.05) is 32.9 Å². The van der Waals surface area contributed by atoms with E-state index in [1.165, 1.54) is 0 Å². The van der Waals surface area contributed by atoms with Gasteiger partial charge in [-0.3, -0.25) is 14.6 Å². The zero-order valence-corrected chi connectivity index (χ0v) is 13.7. The van der Waals surface area contributed by atoms with Crippen LogP contribution in [-0.4, -0.2) is 26.3 Å². The van der Waals surface area contributed by atoms with E-state index in [-0.39, 0.29) is 11.5 Å². The number of amides is 1. The number of benzene rings is 1. The summed E-state index contributed by atoms with van der Waals surface area (Å²) in [6.45, 7) is 7.71. The molecule has 6 nitrogen and oxygen atoms in total. The topological polar surface area (TPSA) is 87.7 Å². The number of rotatable bonds is 4. The molecule has 0 saturated heterocycles. The minimum absolute atomic E-state index is 0.147. The molecule has 1 aromatic carbocycles. The lowest BCUT2D eigenvalue weighted by atomic mass is 10.1. The highest BCUT2D eigenvalue weighted by Crippen LogP contribution is 2.24. The van der Waals surface area contributed by atoms with Crippen molar-refractivity contribution in [1.82, 2.24) is 15.2 Å². The highest BCUT2D eigenvalue weighted by molar-refractivity contribution is 8.00. The Balaban J connectivity index is 2.10. The number of nitrogens with zero attached hydrogens (tertiary/aromatic N) is 2. The number of H-pyrrole nitrogens is 1. The van der Waals surface area contributed by atoms with Crippen molar-refractivity contribution in [3.63, 3.8) is 0 Å². The second kappa shape index (κ2) is 6.74. The van der Waals surface area contributed by atoms with Crippen LogP contribution in [0.5, 0.6) is 0 Å². The number of hydrogen-bond donors (Lipinski definition) is 2. The van der Waals surface area contributed by atoms with Crippen LogP contribution >= 0.6 is 11.8 Å². The third kappa shape index (κ3) is 3.94. The Morgan fingerprint density at radius 1 is 1.27 bits per heavy atom. The molecule has 116 valence electrons.